The lowest BCUT2D eigenvalue weighted by atomic mass is 10.4. The van der Waals surface area contributed by atoms with Gasteiger partial charge in [-0.15, -0.1) is 0 Å². The average Bonchev–Trinajstić information content (AvgIpc) is 2.22. The topological polar surface area (TPSA) is 58.5 Å². The van der Waals surface area contributed by atoms with Crippen molar-refractivity contribution in [3.63, 3.8) is 0 Å². The number of methoxy groups -OCH3 is 1. The zero-order chi connectivity index (χ0) is 12.0. The normalized spacial score (nSPS) is 10.5. The first-order valence-electron chi connectivity index (χ1n) is 5.03. The number of rotatable bonds is 6. The van der Waals surface area contributed by atoms with Crippen LogP contribution in [-0.4, -0.2) is 48.5 Å². The van der Waals surface area contributed by atoms with Crippen LogP contribution in [0.2, 0.25) is 0 Å². The second kappa shape index (κ2) is 6.78. The molecule has 0 amide bonds. The van der Waals surface area contributed by atoms with Crippen LogP contribution in [-0.2, 0) is 4.74 Å². The first-order valence-corrected chi connectivity index (χ1v) is 5.82. The summed E-state index contributed by atoms with van der Waals surface area (Å²) in [5, 5.41) is 9.00. The van der Waals surface area contributed by atoms with Gasteiger partial charge in [0, 0.05) is 26.3 Å². The Kier molecular flexibility index (Phi) is 5.65. The van der Waals surface area contributed by atoms with E-state index in [2.05, 4.69) is 25.9 Å². The Morgan fingerprint density at radius 3 is 2.75 bits per heavy atom. The summed E-state index contributed by atoms with van der Waals surface area (Å²) in [5.41, 5.74) is 0. The Bertz CT molecular complexity index is 316. The van der Waals surface area contributed by atoms with Crippen LogP contribution in [0.3, 0.4) is 0 Å². The number of nitrogens with zero attached hydrogens (tertiary/aromatic N) is 3. The Labute approximate surface area is 104 Å². The van der Waals surface area contributed by atoms with Crippen molar-refractivity contribution < 1.29 is 9.84 Å². The first-order chi connectivity index (χ1) is 7.67. The maximum atomic E-state index is 9.00. The van der Waals surface area contributed by atoms with E-state index < -0.39 is 0 Å². The average molecular weight is 290 g/mol. The summed E-state index contributed by atoms with van der Waals surface area (Å²) in [6.45, 7) is 3.75. The molecule has 0 aromatic carbocycles. The number of hydrogen-bond donors (Lipinski definition) is 1. The molecule has 1 N–H and O–H groups in total. The van der Waals surface area contributed by atoms with Crippen molar-refractivity contribution in [3.8, 4) is 0 Å². The standard InChI is InChI=1S/C10H16BrN3O2/c1-8-12-9(11)7-10(13-8)14(3-5-15)4-6-16-2/h7,15H,3-6H2,1-2H3. The van der Waals surface area contributed by atoms with Gasteiger partial charge in [0.15, 0.2) is 0 Å². The van der Waals surface area contributed by atoms with Crippen molar-refractivity contribution in [3.05, 3.63) is 16.5 Å². The molecule has 1 aromatic rings. The molecule has 5 nitrogen and oxygen atoms in total. The van der Waals surface area contributed by atoms with Gasteiger partial charge < -0.3 is 14.7 Å². The largest absolute Gasteiger partial charge is 0.395 e. The summed E-state index contributed by atoms with van der Waals surface area (Å²) in [6, 6.07) is 1.83. The predicted molar refractivity (Wildman–Crippen MR) is 65.6 cm³/mol. The van der Waals surface area contributed by atoms with Gasteiger partial charge in [-0.25, -0.2) is 9.97 Å². The van der Waals surface area contributed by atoms with Gasteiger partial charge in [0.1, 0.15) is 16.2 Å². The minimum absolute atomic E-state index is 0.0877. The number of aliphatic hydroxyl groups excluding tert-OH is 1. The second-order valence-electron chi connectivity index (χ2n) is 3.30. The van der Waals surface area contributed by atoms with Crippen molar-refractivity contribution in [2.75, 3.05) is 38.3 Å². The summed E-state index contributed by atoms with van der Waals surface area (Å²) in [4.78, 5) is 10.4. The summed E-state index contributed by atoms with van der Waals surface area (Å²) in [7, 11) is 1.65. The molecule has 0 atom stereocenters. The van der Waals surface area contributed by atoms with Crippen LogP contribution in [0.5, 0.6) is 0 Å². The SMILES string of the molecule is COCCN(CCO)c1cc(Br)nc(C)n1. The zero-order valence-corrected chi connectivity index (χ0v) is 11.1. The minimum Gasteiger partial charge on any atom is -0.395 e. The van der Waals surface area contributed by atoms with E-state index in [1.165, 1.54) is 0 Å². The number of aromatic nitrogens is 2. The highest BCUT2D eigenvalue weighted by atomic mass is 79.9. The molecule has 0 aliphatic heterocycles. The summed E-state index contributed by atoms with van der Waals surface area (Å²) < 4.78 is 5.77. The molecule has 90 valence electrons. The van der Waals surface area contributed by atoms with Crippen molar-refractivity contribution in [2.45, 2.75) is 6.92 Å². The fourth-order valence-electron chi connectivity index (χ4n) is 1.34. The fraction of sp³-hybridized carbons (Fsp3) is 0.600. The number of aliphatic hydroxyl groups is 1. The maximum Gasteiger partial charge on any atom is 0.133 e. The molecule has 0 saturated heterocycles. The lowest BCUT2D eigenvalue weighted by Crippen LogP contribution is -2.31. The third-order valence-corrected chi connectivity index (χ3v) is 2.46. The highest BCUT2D eigenvalue weighted by molar-refractivity contribution is 9.10. The molecule has 1 aromatic heterocycles. The zero-order valence-electron chi connectivity index (χ0n) is 9.48. The quantitative estimate of drug-likeness (QED) is 0.792. The number of anilines is 1. The highest BCUT2D eigenvalue weighted by Gasteiger charge is 2.09. The van der Waals surface area contributed by atoms with E-state index in [9.17, 15) is 0 Å². The van der Waals surface area contributed by atoms with Gasteiger partial charge in [-0.2, -0.15) is 0 Å². The van der Waals surface area contributed by atoms with Gasteiger partial charge in [0.25, 0.3) is 0 Å². The molecule has 0 aliphatic rings. The molecule has 0 saturated carbocycles. The van der Waals surface area contributed by atoms with Gasteiger partial charge in [-0.1, -0.05) is 0 Å². The number of hydrogen-bond acceptors (Lipinski definition) is 5. The third-order valence-electron chi connectivity index (χ3n) is 2.05. The molecule has 1 rings (SSSR count). The first kappa shape index (κ1) is 13.3. The van der Waals surface area contributed by atoms with E-state index >= 15 is 0 Å². The van der Waals surface area contributed by atoms with Gasteiger partial charge in [0.2, 0.25) is 0 Å². The second-order valence-corrected chi connectivity index (χ2v) is 4.11. The van der Waals surface area contributed by atoms with Crippen LogP contribution in [0, 0.1) is 6.92 Å². The number of aryl methyl sites for hydroxylation is 1. The van der Waals surface area contributed by atoms with Crippen molar-refractivity contribution in [1.82, 2.24) is 9.97 Å². The molecular weight excluding hydrogens is 274 g/mol. The van der Waals surface area contributed by atoms with E-state index in [-0.39, 0.29) is 6.61 Å². The van der Waals surface area contributed by atoms with Crippen LogP contribution in [0.15, 0.2) is 10.7 Å². The minimum atomic E-state index is 0.0877. The molecule has 0 aliphatic carbocycles. The van der Waals surface area contributed by atoms with E-state index in [0.29, 0.717) is 25.5 Å². The van der Waals surface area contributed by atoms with Gasteiger partial charge in [-0.3, -0.25) is 0 Å². The van der Waals surface area contributed by atoms with Crippen molar-refractivity contribution >= 4 is 21.7 Å². The monoisotopic (exact) mass is 289 g/mol. The lowest BCUT2D eigenvalue weighted by Gasteiger charge is -2.22. The Hall–Kier alpha value is -0.720. The van der Waals surface area contributed by atoms with E-state index in [1.54, 1.807) is 7.11 Å². The van der Waals surface area contributed by atoms with Gasteiger partial charge >= 0.3 is 0 Å². The summed E-state index contributed by atoms with van der Waals surface area (Å²) in [5.74, 6) is 1.50. The van der Waals surface area contributed by atoms with Crippen LogP contribution < -0.4 is 4.90 Å². The molecule has 1 heterocycles. The molecule has 16 heavy (non-hydrogen) atoms. The predicted octanol–water partition coefficient (Wildman–Crippen LogP) is 0.993. The van der Waals surface area contributed by atoms with E-state index in [4.69, 9.17) is 9.84 Å². The fourth-order valence-corrected chi connectivity index (χ4v) is 1.80. The summed E-state index contributed by atoms with van der Waals surface area (Å²) in [6.07, 6.45) is 0. The van der Waals surface area contributed by atoms with Crippen molar-refractivity contribution in [1.29, 1.82) is 0 Å². The van der Waals surface area contributed by atoms with E-state index in [1.807, 2.05) is 17.9 Å². The lowest BCUT2D eigenvalue weighted by molar-refractivity contribution is 0.202. The molecule has 0 unspecified atom stereocenters. The summed E-state index contributed by atoms with van der Waals surface area (Å²) >= 11 is 3.33. The molecule has 0 bridgehead atoms. The Balaban J connectivity index is 2.82. The Morgan fingerprint density at radius 1 is 1.44 bits per heavy atom. The number of ether oxygens (including phenoxy) is 1. The van der Waals surface area contributed by atoms with Crippen LogP contribution in [0.25, 0.3) is 0 Å². The molecule has 0 radical (unpaired) electrons. The van der Waals surface area contributed by atoms with Crippen LogP contribution >= 0.6 is 15.9 Å². The van der Waals surface area contributed by atoms with Gasteiger partial charge in [-0.05, 0) is 22.9 Å². The Morgan fingerprint density at radius 2 is 2.19 bits per heavy atom. The van der Waals surface area contributed by atoms with E-state index in [0.717, 1.165) is 10.4 Å². The maximum absolute atomic E-state index is 9.00. The third kappa shape index (κ3) is 4.03. The number of halogens is 1. The molecular formula is C10H16BrN3O2. The van der Waals surface area contributed by atoms with Crippen molar-refractivity contribution in [2.24, 2.45) is 0 Å². The smallest absolute Gasteiger partial charge is 0.133 e. The van der Waals surface area contributed by atoms with Crippen LogP contribution in [0.4, 0.5) is 5.82 Å². The van der Waals surface area contributed by atoms with Crippen LogP contribution in [0.1, 0.15) is 5.82 Å². The van der Waals surface area contributed by atoms with Gasteiger partial charge in [0.05, 0.1) is 13.2 Å². The highest BCUT2D eigenvalue weighted by Crippen LogP contribution is 2.15. The molecule has 0 spiro atoms. The molecule has 0 fully saturated rings. The molecule has 6 heteroatoms.